The average Bonchev–Trinajstić information content (AvgIpc) is 3.03. The van der Waals surface area contributed by atoms with Crippen molar-refractivity contribution in [3.8, 4) is 17.2 Å². The van der Waals surface area contributed by atoms with Gasteiger partial charge in [-0.25, -0.2) is 4.98 Å². The second kappa shape index (κ2) is 7.03. The van der Waals surface area contributed by atoms with Crippen LogP contribution >= 0.6 is 11.8 Å². The molecule has 1 aromatic heterocycles. The summed E-state index contributed by atoms with van der Waals surface area (Å²) >= 11 is 1.31. The van der Waals surface area contributed by atoms with Crippen LogP contribution in [0.4, 0.5) is 0 Å². The summed E-state index contributed by atoms with van der Waals surface area (Å²) < 4.78 is 1.96. The molecule has 0 aliphatic rings. The summed E-state index contributed by atoms with van der Waals surface area (Å²) in [6.07, 6.45) is 3.57. The van der Waals surface area contributed by atoms with Crippen LogP contribution in [0.5, 0.6) is 11.5 Å². The number of hydrogen-bond acceptors (Lipinski definition) is 5. The first kappa shape index (κ1) is 17.1. The second-order valence-corrected chi connectivity index (χ2v) is 6.73. The van der Waals surface area contributed by atoms with E-state index >= 15 is 0 Å². The molecule has 0 radical (unpaired) electrons. The van der Waals surface area contributed by atoms with Crippen LogP contribution in [0.3, 0.4) is 0 Å². The van der Waals surface area contributed by atoms with E-state index in [0.717, 1.165) is 22.9 Å². The lowest BCUT2D eigenvalue weighted by molar-refractivity contribution is 0.102. The lowest BCUT2D eigenvalue weighted by atomic mass is 10.1. The first-order chi connectivity index (χ1) is 12.0. The number of aromatic nitrogens is 2. The van der Waals surface area contributed by atoms with Crippen molar-refractivity contribution in [2.75, 3.05) is 5.75 Å². The predicted octanol–water partition coefficient (Wildman–Crippen LogP) is 3.88. The SMILES string of the molecule is Cc1ccc(C)c(-n2ccnc2SCC(=O)c2ccc(O)cc2O)c1. The third-order valence-corrected chi connectivity index (χ3v) is 4.81. The van der Waals surface area contributed by atoms with Crippen LogP contribution in [0.1, 0.15) is 21.5 Å². The van der Waals surface area contributed by atoms with E-state index in [-0.39, 0.29) is 28.6 Å². The van der Waals surface area contributed by atoms with Gasteiger partial charge in [-0.15, -0.1) is 0 Å². The maximum atomic E-state index is 12.3. The molecule has 1 heterocycles. The molecule has 128 valence electrons. The average molecular weight is 354 g/mol. The number of nitrogens with zero attached hydrogens (tertiary/aromatic N) is 2. The van der Waals surface area contributed by atoms with Crippen LogP contribution in [-0.4, -0.2) is 31.3 Å². The fourth-order valence-electron chi connectivity index (χ4n) is 2.52. The van der Waals surface area contributed by atoms with Crippen molar-refractivity contribution in [3.63, 3.8) is 0 Å². The van der Waals surface area contributed by atoms with Gasteiger partial charge in [-0.2, -0.15) is 0 Å². The quantitative estimate of drug-likeness (QED) is 0.537. The number of phenolic OH excluding ortho intramolecular Hbond substituents is 2. The molecule has 25 heavy (non-hydrogen) atoms. The highest BCUT2D eigenvalue weighted by atomic mass is 32.2. The van der Waals surface area contributed by atoms with Crippen LogP contribution in [0.2, 0.25) is 0 Å². The Bertz CT molecular complexity index is 934. The van der Waals surface area contributed by atoms with E-state index in [1.807, 2.05) is 24.6 Å². The highest BCUT2D eigenvalue weighted by molar-refractivity contribution is 7.99. The Morgan fingerprint density at radius 2 is 1.96 bits per heavy atom. The Hall–Kier alpha value is -2.73. The van der Waals surface area contributed by atoms with Crippen molar-refractivity contribution in [2.24, 2.45) is 0 Å². The Morgan fingerprint density at radius 3 is 2.72 bits per heavy atom. The van der Waals surface area contributed by atoms with Crippen molar-refractivity contribution < 1.29 is 15.0 Å². The van der Waals surface area contributed by atoms with Crippen LogP contribution in [0, 0.1) is 13.8 Å². The van der Waals surface area contributed by atoms with Gasteiger partial charge in [0.15, 0.2) is 10.9 Å². The van der Waals surface area contributed by atoms with Gasteiger partial charge in [0.1, 0.15) is 11.5 Å². The van der Waals surface area contributed by atoms with E-state index in [2.05, 4.69) is 23.2 Å². The van der Waals surface area contributed by atoms with Gasteiger partial charge >= 0.3 is 0 Å². The van der Waals surface area contributed by atoms with Crippen LogP contribution in [0.15, 0.2) is 53.9 Å². The van der Waals surface area contributed by atoms with Gasteiger partial charge in [0.05, 0.1) is 17.0 Å². The lowest BCUT2D eigenvalue weighted by Crippen LogP contribution is -2.05. The highest BCUT2D eigenvalue weighted by Crippen LogP contribution is 2.27. The molecule has 0 saturated heterocycles. The molecule has 0 aliphatic carbocycles. The van der Waals surface area contributed by atoms with Gasteiger partial charge in [-0.3, -0.25) is 9.36 Å². The van der Waals surface area contributed by atoms with Crippen molar-refractivity contribution >= 4 is 17.5 Å². The maximum absolute atomic E-state index is 12.3. The molecule has 0 amide bonds. The standard InChI is InChI=1S/C19H18N2O3S/c1-12-3-4-13(2)16(9-12)21-8-7-20-19(21)25-11-18(24)15-6-5-14(22)10-17(15)23/h3-10,22-23H,11H2,1-2H3. The number of carbonyl (C=O) groups is 1. The molecule has 0 aliphatic heterocycles. The zero-order chi connectivity index (χ0) is 18.0. The first-order valence-electron chi connectivity index (χ1n) is 7.74. The molecule has 5 nitrogen and oxygen atoms in total. The minimum atomic E-state index is -0.224. The van der Waals surface area contributed by atoms with Crippen LogP contribution in [-0.2, 0) is 0 Å². The number of aromatic hydroxyl groups is 2. The number of carbonyl (C=O) groups excluding carboxylic acids is 1. The van der Waals surface area contributed by atoms with E-state index in [1.54, 1.807) is 6.20 Å². The molecule has 0 bridgehead atoms. The van der Waals surface area contributed by atoms with Gasteiger partial charge < -0.3 is 10.2 Å². The molecule has 0 fully saturated rings. The number of imidazole rings is 1. The topological polar surface area (TPSA) is 75.4 Å². The fraction of sp³-hybridized carbons (Fsp3) is 0.158. The van der Waals surface area contributed by atoms with Gasteiger partial charge in [0.25, 0.3) is 0 Å². The summed E-state index contributed by atoms with van der Waals surface area (Å²) in [5.74, 6) is -0.381. The summed E-state index contributed by atoms with van der Waals surface area (Å²) in [5.41, 5.74) is 3.48. The number of thioether (sulfide) groups is 1. The van der Waals surface area contributed by atoms with E-state index in [0.29, 0.717) is 5.16 Å². The molecule has 0 spiro atoms. The van der Waals surface area contributed by atoms with Crippen molar-refractivity contribution in [1.82, 2.24) is 9.55 Å². The normalized spacial score (nSPS) is 10.8. The number of Topliss-reactive ketones (excluding diaryl/α,β-unsaturated/α-hetero) is 1. The van der Waals surface area contributed by atoms with E-state index < -0.39 is 0 Å². The molecular weight excluding hydrogens is 336 g/mol. The summed E-state index contributed by atoms with van der Waals surface area (Å²) in [6, 6.07) is 10.2. The van der Waals surface area contributed by atoms with Crippen molar-refractivity contribution in [3.05, 3.63) is 65.5 Å². The third kappa shape index (κ3) is 3.69. The van der Waals surface area contributed by atoms with Gasteiger partial charge in [-0.1, -0.05) is 23.9 Å². The van der Waals surface area contributed by atoms with E-state index in [9.17, 15) is 15.0 Å². The maximum Gasteiger partial charge on any atom is 0.176 e. The minimum Gasteiger partial charge on any atom is -0.508 e. The minimum absolute atomic E-state index is 0.0767. The summed E-state index contributed by atoms with van der Waals surface area (Å²) in [5, 5.41) is 19.8. The second-order valence-electron chi connectivity index (χ2n) is 5.78. The number of phenols is 2. The van der Waals surface area contributed by atoms with Gasteiger partial charge in [0.2, 0.25) is 0 Å². The summed E-state index contributed by atoms with van der Waals surface area (Å²) in [6.45, 7) is 4.06. The third-order valence-electron chi connectivity index (χ3n) is 3.85. The Balaban J connectivity index is 1.80. The number of hydrogen-bond donors (Lipinski definition) is 2. The fourth-order valence-corrected chi connectivity index (χ4v) is 3.37. The molecule has 3 rings (SSSR count). The molecule has 2 N–H and O–H groups in total. The number of rotatable bonds is 5. The molecule has 0 unspecified atom stereocenters. The molecule has 3 aromatic rings. The first-order valence-corrected chi connectivity index (χ1v) is 8.73. The predicted molar refractivity (Wildman–Crippen MR) is 97.9 cm³/mol. The van der Waals surface area contributed by atoms with Crippen LogP contribution in [0.25, 0.3) is 5.69 Å². The zero-order valence-corrected chi connectivity index (χ0v) is 14.7. The van der Waals surface area contributed by atoms with E-state index in [4.69, 9.17) is 0 Å². The van der Waals surface area contributed by atoms with Crippen molar-refractivity contribution in [1.29, 1.82) is 0 Å². The number of ketones is 1. The molecular formula is C19H18N2O3S. The van der Waals surface area contributed by atoms with Crippen LogP contribution < -0.4 is 0 Å². The monoisotopic (exact) mass is 354 g/mol. The smallest absolute Gasteiger partial charge is 0.176 e. The Kier molecular flexibility index (Phi) is 4.81. The molecule has 2 aromatic carbocycles. The molecule has 6 heteroatoms. The Morgan fingerprint density at radius 1 is 1.16 bits per heavy atom. The molecule has 0 saturated carbocycles. The van der Waals surface area contributed by atoms with Crippen molar-refractivity contribution in [2.45, 2.75) is 19.0 Å². The highest BCUT2D eigenvalue weighted by Gasteiger charge is 2.15. The zero-order valence-electron chi connectivity index (χ0n) is 13.9. The Labute approximate surface area is 150 Å². The largest absolute Gasteiger partial charge is 0.508 e. The number of benzene rings is 2. The van der Waals surface area contributed by atoms with E-state index in [1.165, 1.54) is 23.9 Å². The molecule has 0 atom stereocenters. The summed E-state index contributed by atoms with van der Waals surface area (Å²) in [7, 11) is 0. The van der Waals surface area contributed by atoms with Gasteiger partial charge in [-0.05, 0) is 43.2 Å². The number of aryl methyl sites for hydroxylation is 2. The summed E-state index contributed by atoms with van der Waals surface area (Å²) in [4.78, 5) is 16.7. The lowest BCUT2D eigenvalue weighted by Gasteiger charge is -2.11. The van der Waals surface area contributed by atoms with Gasteiger partial charge in [0, 0.05) is 18.5 Å².